The number of hydrogen-bond donors (Lipinski definition) is 1. The number of methoxy groups -OCH3 is 1. The first-order valence-corrected chi connectivity index (χ1v) is 6.04. The van der Waals surface area contributed by atoms with Crippen LogP contribution >= 0.6 is 0 Å². The van der Waals surface area contributed by atoms with Gasteiger partial charge in [-0.05, 0) is 55.2 Å². The number of benzene rings is 2. The van der Waals surface area contributed by atoms with Crippen molar-refractivity contribution in [2.45, 2.75) is 20.8 Å². The van der Waals surface area contributed by atoms with Crippen molar-refractivity contribution < 1.29 is 4.74 Å². The van der Waals surface area contributed by atoms with Crippen LogP contribution in [0.3, 0.4) is 0 Å². The average molecular weight is 241 g/mol. The van der Waals surface area contributed by atoms with Gasteiger partial charge in [-0.2, -0.15) is 0 Å². The topological polar surface area (TPSA) is 35.2 Å². The van der Waals surface area contributed by atoms with Gasteiger partial charge < -0.3 is 10.5 Å². The molecule has 0 aliphatic heterocycles. The predicted molar refractivity (Wildman–Crippen MR) is 77.1 cm³/mol. The van der Waals surface area contributed by atoms with Gasteiger partial charge in [0.1, 0.15) is 5.75 Å². The lowest BCUT2D eigenvalue weighted by molar-refractivity contribution is 0.417. The van der Waals surface area contributed by atoms with Gasteiger partial charge in [-0.15, -0.1) is 0 Å². The summed E-state index contributed by atoms with van der Waals surface area (Å²) < 4.78 is 5.19. The summed E-state index contributed by atoms with van der Waals surface area (Å²) in [5.74, 6) is 0.723. The predicted octanol–water partition coefficient (Wildman–Crippen LogP) is 3.87. The van der Waals surface area contributed by atoms with E-state index in [9.17, 15) is 0 Å². The van der Waals surface area contributed by atoms with Crippen molar-refractivity contribution in [2.75, 3.05) is 12.8 Å². The molecule has 2 rings (SSSR count). The van der Waals surface area contributed by atoms with Crippen molar-refractivity contribution >= 4 is 5.69 Å². The van der Waals surface area contributed by atoms with E-state index in [4.69, 9.17) is 10.5 Å². The van der Waals surface area contributed by atoms with Gasteiger partial charge in [-0.1, -0.05) is 23.8 Å². The molecule has 0 heterocycles. The molecule has 0 unspecified atom stereocenters. The Morgan fingerprint density at radius 2 is 1.56 bits per heavy atom. The molecule has 0 aliphatic rings. The summed E-state index contributed by atoms with van der Waals surface area (Å²) in [6.07, 6.45) is 0. The summed E-state index contributed by atoms with van der Waals surface area (Å²) in [5.41, 5.74) is 12.9. The van der Waals surface area contributed by atoms with E-state index >= 15 is 0 Å². The van der Waals surface area contributed by atoms with Crippen LogP contribution < -0.4 is 10.5 Å². The number of ether oxygens (including phenoxy) is 1. The largest absolute Gasteiger partial charge is 0.495 e. The van der Waals surface area contributed by atoms with Gasteiger partial charge in [0.2, 0.25) is 0 Å². The van der Waals surface area contributed by atoms with Crippen LogP contribution in [0, 0.1) is 20.8 Å². The van der Waals surface area contributed by atoms with Gasteiger partial charge in [-0.25, -0.2) is 0 Å². The second kappa shape index (κ2) is 4.73. The van der Waals surface area contributed by atoms with E-state index < -0.39 is 0 Å². The van der Waals surface area contributed by atoms with Crippen molar-refractivity contribution in [1.29, 1.82) is 0 Å². The highest BCUT2D eigenvalue weighted by Crippen LogP contribution is 2.32. The number of hydrogen-bond acceptors (Lipinski definition) is 2. The van der Waals surface area contributed by atoms with Gasteiger partial charge in [0.15, 0.2) is 0 Å². The quantitative estimate of drug-likeness (QED) is 0.810. The van der Waals surface area contributed by atoms with Crippen LogP contribution in [0.2, 0.25) is 0 Å². The van der Waals surface area contributed by atoms with E-state index in [-0.39, 0.29) is 0 Å². The summed E-state index contributed by atoms with van der Waals surface area (Å²) in [4.78, 5) is 0. The Labute approximate surface area is 108 Å². The van der Waals surface area contributed by atoms with Crippen LogP contribution in [-0.2, 0) is 0 Å². The lowest BCUT2D eigenvalue weighted by atomic mass is 9.93. The standard InChI is InChI=1S/C16H19NO/c1-10-7-11(2)16(12(3)8-10)13-5-6-15(18-4)14(17)9-13/h5-9H,17H2,1-4H3. The first-order chi connectivity index (χ1) is 8.52. The number of rotatable bonds is 2. The zero-order valence-electron chi connectivity index (χ0n) is 11.4. The Kier molecular flexibility index (Phi) is 3.28. The third kappa shape index (κ3) is 2.19. The van der Waals surface area contributed by atoms with Crippen molar-refractivity contribution in [2.24, 2.45) is 0 Å². The van der Waals surface area contributed by atoms with Crippen LogP contribution in [0.5, 0.6) is 5.75 Å². The van der Waals surface area contributed by atoms with Crippen LogP contribution in [0.4, 0.5) is 5.69 Å². The van der Waals surface area contributed by atoms with Gasteiger partial charge in [0.05, 0.1) is 12.8 Å². The highest BCUT2D eigenvalue weighted by molar-refractivity contribution is 5.75. The maximum absolute atomic E-state index is 5.97. The SMILES string of the molecule is COc1ccc(-c2c(C)cc(C)cc2C)cc1N. The molecule has 0 aromatic heterocycles. The molecule has 94 valence electrons. The smallest absolute Gasteiger partial charge is 0.141 e. The maximum Gasteiger partial charge on any atom is 0.141 e. The fraction of sp³-hybridized carbons (Fsp3) is 0.250. The lowest BCUT2D eigenvalue weighted by Gasteiger charge is -2.13. The molecule has 2 N–H and O–H groups in total. The molecule has 0 amide bonds. The van der Waals surface area contributed by atoms with Crippen LogP contribution in [0.15, 0.2) is 30.3 Å². The maximum atomic E-state index is 5.97. The molecule has 0 atom stereocenters. The van der Waals surface area contributed by atoms with Crippen LogP contribution in [-0.4, -0.2) is 7.11 Å². The molecule has 2 heteroatoms. The van der Waals surface area contributed by atoms with Crippen LogP contribution in [0.25, 0.3) is 11.1 Å². The normalized spacial score (nSPS) is 10.4. The van der Waals surface area contributed by atoms with Gasteiger partial charge in [0.25, 0.3) is 0 Å². The van der Waals surface area contributed by atoms with Gasteiger partial charge in [0, 0.05) is 0 Å². The monoisotopic (exact) mass is 241 g/mol. The van der Waals surface area contributed by atoms with Crippen molar-refractivity contribution in [3.8, 4) is 16.9 Å². The second-order valence-electron chi connectivity index (χ2n) is 4.73. The summed E-state index contributed by atoms with van der Waals surface area (Å²) in [6, 6.07) is 10.3. The Balaban J connectivity index is 2.59. The van der Waals surface area contributed by atoms with Crippen molar-refractivity contribution in [3.63, 3.8) is 0 Å². The Bertz CT molecular complexity index is 565. The molecular weight excluding hydrogens is 222 g/mol. The van der Waals surface area contributed by atoms with E-state index in [0.29, 0.717) is 5.69 Å². The Morgan fingerprint density at radius 3 is 2.06 bits per heavy atom. The van der Waals surface area contributed by atoms with Gasteiger partial charge in [-0.3, -0.25) is 0 Å². The molecule has 0 aliphatic carbocycles. The summed E-state index contributed by atoms with van der Waals surface area (Å²) >= 11 is 0. The molecule has 0 saturated heterocycles. The van der Waals surface area contributed by atoms with Crippen molar-refractivity contribution in [3.05, 3.63) is 47.0 Å². The fourth-order valence-corrected chi connectivity index (χ4v) is 2.53. The summed E-state index contributed by atoms with van der Waals surface area (Å²) in [7, 11) is 1.63. The molecule has 0 radical (unpaired) electrons. The average Bonchev–Trinajstić information content (AvgIpc) is 2.27. The minimum absolute atomic E-state index is 0.675. The lowest BCUT2D eigenvalue weighted by Crippen LogP contribution is -1.95. The number of aryl methyl sites for hydroxylation is 3. The zero-order valence-corrected chi connectivity index (χ0v) is 11.4. The molecule has 0 spiro atoms. The number of nitrogens with two attached hydrogens (primary N) is 1. The minimum atomic E-state index is 0.675. The van der Waals surface area contributed by atoms with Crippen LogP contribution in [0.1, 0.15) is 16.7 Å². The van der Waals surface area contributed by atoms with E-state index in [1.54, 1.807) is 7.11 Å². The zero-order chi connectivity index (χ0) is 13.3. The number of nitrogen functional groups attached to an aromatic ring is 1. The first-order valence-electron chi connectivity index (χ1n) is 6.04. The van der Waals surface area contributed by atoms with E-state index in [1.807, 2.05) is 12.1 Å². The molecular formula is C16H19NO. The Hall–Kier alpha value is -1.96. The molecule has 2 aromatic carbocycles. The highest BCUT2D eigenvalue weighted by Gasteiger charge is 2.08. The molecule has 18 heavy (non-hydrogen) atoms. The summed E-state index contributed by atoms with van der Waals surface area (Å²) in [5, 5.41) is 0. The molecule has 0 fully saturated rings. The summed E-state index contributed by atoms with van der Waals surface area (Å²) in [6.45, 7) is 6.39. The molecule has 0 bridgehead atoms. The molecule has 2 aromatic rings. The van der Waals surface area contributed by atoms with E-state index in [2.05, 4.69) is 39.0 Å². The fourth-order valence-electron chi connectivity index (χ4n) is 2.53. The minimum Gasteiger partial charge on any atom is -0.495 e. The van der Waals surface area contributed by atoms with Gasteiger partial charge >= 0.3 is 0 Å². The first kappa shape index (κ1) is 12.5. The highest BCUT2D eigenvalue weighted by atomic mass is 16.5. The third-order valence-corrected chi connectivity index (χ3v) is 3.20. The Morgan fingerprint density at radius 1 is 0.944 bits per heavy atom. The molecule has 0 saturated carbocycles. The second-order valence-corrected chi connectivity index (χ2v) is 4.73. The van der Waals surface area contributed by atoms with E-state index in [1.165, 1.54) is 22.3 Å². The van der Waals surface area contributed by atoms with Crippen molar-refractivity contribution in [1.82, 2.24) is 0 Å². The van der Waals surface area contributed by atoms with E-state index in [0.717, 1.165) is 11.3 Å². The number of anilines is 1. The molecule has 2 nitrogen and oxygen atoms in total. The third-order valence-electron chi connectivity index (χ3n) is 3.20.